The van der Waals surface area contributed by atoms with Gasteiger partial charge in [0, 0.05) is 18.3 Å². The number of aromatic amines is 1. The first kappa shape index (κ1) is 13.0. The van der Waals surface area contributed by atoms with Crippen LogP contribution in [0.15, 0.2) is 41.2 Å². The fourth-order valence-corrected chi connectivity index (χ4v) is 1.95. The first-order valence-electron chi connectivity index (χ1n) is 6.24. The smallest absolute Gasteiger partial charge is 0.337 e. The van der Waals surface area contributed by atoms with Crippen molar-refractivity contribution in [1.29, 1.82) is 0 Å². The lowest BCUT2D eigenvalue weighted by atomic mass is 10.1. The van der Waals surface area contributed by atoms with Gasteiger partial charge in [0.1, 0.15) is 5.76 Å². The minimum atomic E-state index is -1.03. The van der Waals surface area contributed by atoms with Gasteiger partial charge in [0.2, 0.25) is 5.95 Å². The summed E-state index contributed by atoms with van der Waals surface area (Å²) in [5.74, 6) is 0.166. The fraction of sp³-hybridized carbons (Fsp3) is 0.143. The molecule has 0 spiro atoms. The predicted octanol–water partition coefficient (Wildman–Crippen LogP) is 2.22. The molecule has 0 saturated heterocycles. The number of hydrogen-bond acceptors (Lipinski definition) is 5. The molecule has 0 saturated carbocycles. The van der Waals surface area contributed by atoms with Crippen molar-refractivity contribution in [2.75, 3.05) is 7.11 Å². The minimum absolute atomic E-state index is 0.107. The molecular weight excluding hydrogens is 272 g/mol. The average molecular weight is 284 g/mol. The van der Waals surface area contributed by atoms with E-state index in [9.17, 15) is 4.79 Å². The highest BCUT2D eigenvalue weighted by Crippen LogP contribution is 2.18. The van der Waals surface area contributed by atoms with Crippen molar-refractivity contribution < 1.29 is 14.6 Å². The molecule has 0 unspecified atom stereocenters. The number of allylic oxidation sites excluding steroid dienone is 3. The highest BCUT2D eigenvalue weighted by atomic mass is 16.5. The molecule has 0 aromatic carbocycles. The SMILES string of the molecule is COC1=CCC(=Nc2nc3ncc(C(=O)O)cc3[nH]2)C=C1. The monoisotopic (exact) mass is 284 g/mol. The zero-order valence-corrected chi connectivity index (χ0v) is 11.2. The first-order chi connectivity index (χ1) is 10.2. The summed E-state index contributed by atoms with van der Waals surface area (Å²) in [7, 11) is 1.61. The van der Waals surface area contributed by atoms with E-state index >= 15 is 0 Å². The summed E-state index contributed by atoms with van der Waals surface area (Å²) < 4.78 is 5.10. The van der Waals surface area contributed by atoms with Gasteiger partial charge < -0.3 is 14.8 Å². The third-order valence-corrected chi connectivity index (χ3v) is 3.01. The Bertz CT molecular complexity index is 802. The Kier molecular flexibility index (Phi) is 3.23. The summed E-state index contributed by atoms with van der Waals surface area (Å²) in [6, 6.07) is 1.49. The number of imidazole rings is 1. The van der Waals surface area contributed by atoms with Crippen molar-refractivity contribution in [2.24, 2.45) is 4.99 Å². The van der Waals surface area contributed by atoms with Crippen LogP contribution in [0.2, 0.25) is 0 Å². The molecule has 3 rings (SSSR count). The molecule has 106 valence electrons. The molecular formula is C14H12N4O3. The highest BCUT2D eigenvalue weighted by Gasteiger charge is 2.09. The third-order valence-electron chi connectivity index (χ3n) is 3.01. The number of H-pyrrole nitrogens is 1. The maximum Gasteiger partial charge on any atom is 0.337 e. The van der Waals surface area contributed by atoms with Crippen LogP contribution in [0.25, 0.3) is 11.2 Å². The van der Waals surface area contributed by atoms with Gasteiger partial charge in [-0.05, 0) is 24.3 Å². The summed E-state index contributed by atoms with van der Waals surface area (Å²) in [5, 5.41) is 8.93. The van der Waals surface area contributed by atoms with Crippen LogP contribution in [0.3, 0.4) is 0 Å². The number of aliphatic imine (C=N–C) groups is 1. The minimum Gasteiger partial charge on any atom is -0.497 e. The standard InChI is InChI=1S/C14H12N4O3/c1-21-10-4-2-9(3-5-10)16-14-17-11-6-8(13(19)20)7-15-12(11)18-14/h2,4-7H,3H2,1H3,(H,19,20)(H,15,17,18). The topological polar surface area (TPSA) is 100 Å². The van der Waals surface area contributed by atoms with Crippen LogP contribution >= 0.6 is 0 Å². The van der Waals surface area contributed by atoms with Crippen LogP contribution in [-0.4, -0.2) is 38.8 Å². The molecule has 1 aliphatic rings. The number of carboxylic acids is 1. The van der Waals surface area contributed by atoms with Crippen molar-refractivity contribution in [3.8, 4) is 0 Å². The van der Waals surface area contributed by atoms with E-state index in [0.29, 0.717) is 23.5 Å². The van der Waals surface area contributed by atoms with Crippen molar-refractivity contribution in [2.45, 2.75) is 6.42 Å². The van der Waals surface area contributed by atoms with E-state index in [2.05, 4.69) is 19.9 Å². The lowest BCUT2D eigenvalue weighted by Gasteiger charge is -2.06. The molecule has 0 fully saturated rings. The quantitative estimate of drug-likeness (QED) is 0.900. The van der Waals surface area contributed by atoms with Crippen molar-refractivity contribution in [1.82, 2.24) is 15.0 Å². The summed E-state index contributed by atoms with van der Waals surface area (Å²) in [5.41, 5.74) is 1.92. The van der Waals surface area contributed by atoms with Gasteiger partial charge in [-0.2, -0.15) is 4.98 Å². The molecule has 0 amide bonds. The van der Waals surface area contributed by atoms with E-state index < -0.39 is 5.97 Å². The maximum absolute atomic E-state index is 10.9. The van der Waals surface area contributed by atoms with Crippen LogP contribution in [0.4, 0.5) is 5.95 Å². The molecule has 0 bridgehead atoms. The van der Waals surface area contributed by atoms with E-state index in [1.165, 1.54) is 12.3 Å². The number of methoxy groups -OCH3 is 1. The van der Waals surface area contributed by atoms with Gasteiger partial charge in [-0.1, -0.05) is 0 Å². The van der Waals surface area contributed by atoms with E-state index in [-0.39, 0.29) is 5.56 Å². The van der Waals surface area contributed by atoms with Crippen molar-refractivity contribution >= 4 is 28.8 Å². The van der Waals surface area contributed by atoms with E-state index in [1.807, 2.05) is 18.2 Å². The normalized spacial score (nSPS) is 16.2. The number of nitrogens with one attached hydrogen (secondary N) is 1. The Balaban J connectivity index is 1.90. The number of nitrogens with zero attached hydrogens (tertiary/aromatic N) is 3. The molecule has 2 aromatic heterocycles. The first-order valence-corrected chi connectivity index (χ1v) is 6.24. The molecule has 0 aliphatic heterocycles. The summed E-state index contributed by atoms with van der Waals surface area (Å²) in [6.45, 7) is 0. The second-order valence-electron chi connectivity index (χ2n) is 4.41. The Labute approximate surface area is 119 Å². The zero-order chi connectivity index (χ0) is 14.8. The second-order valence-corrected chi connectivity index (χ2v) is 4.41. The molecule has 7 nitrogen and oxygen atoms in total. The molecule has 7 heteroatoms. The van der Waals surface area contributed by atoms with Crippen LogP contribution in [0.1, 0.15) is 16.8 Å². The second kappa shape index (κ2) is 5.20. The Hall–Kier alpha value is -2.96. The van der Waals surface area contributed by atoms with Gasteiger partial charge in [-0.3, -0.25) is 0 Å². The highest BCUT2D eigenvalue weighted by molar-refractivity contribution is 5.99. The van der Waals surface area contributed by atoms with E-state index in [0.717, 1.165) is 11.5 Å². The Morgan fingerprint density at radius 2 is 2.33 bits per heavy atom. The van der Waals surface area contributed by atoms with Crippen LogP contribution < -0.4 is 0 Å². The summed E-state index contributed by atoms with van der Waals surface area (Å²) >= 11 is 0. The predicted molar refractivity (Wildman–Crippen MR) is 76.8 cm³/mol. The molecule has 2 heterocycles. The van der Waals surface area contributed by atoms with Crippen molar-refractivity contribution in [3.63, 3.8) is 0 Å². The molecule has 21 heavy (non-hydrogen) atoms. The van der Waals surface area contributed by atoms with E-state index in [4.69, 9.17) is 9.84 Å². The molecule has 2 aromatic rings. The van der Waals surface area contributed by atoms with Gasteiger partial charge in [-0.25, -0.2) is 14.8 Å². The van der Waals surface area contributed by atoms with Crippen LogP contribution in [0, 0.1) is 0 Å². The van der Waals surface area contributed by atoms with Gasteiger partial charge in [-0.15, -0.1) is 0 Å². The number of aromatic nitrogens is 3. The molecule has 0 radical (unpaired) electrons. The number of carbonyl (C=O) groups is 1. The van der Waals surface area contributed by atoms with Crippen LogP contribution in [-0.2, 0) is 4.74 Å². The Morgan fingerprint density at radius 3 is 3.00 bits per heavy atom. The number of ether oxygens (including phenoxy) is 1. The van der Waals surface area contributed by atoms with Crippen LogP contribution in [0.5, 0.6) is 0 Å². The zero-order valence-electron chi connectivity index (χ0n) is 11.2. The third kappa shape index (κ3) is 2.66. The van der Waals surface area contributed by atoms with Crippen molar-refractivity contribution in [3.05, 3.63) is 41.8 Å². The summed E-state index contributed by atoms with van der Waals surface area (Å²) in [6.07, 6.45) is 7.51. The van der Waals surface area contributed by atoms with Gasteiger partial charge in [0.25, 0.3) is 0 Å². The number of hydrogen-bond donors (Lipinski definition) is 2. The Morgan fingerprint density at radius 1 is 1.48 bits per heavy atom. The number of rotatable bonds is 3. The summed E-state index contributed by atoms with van der Waals surface area (Å²) in [4.78, 5) is 26.4. The van der Waals surface area contributed by atoms with E-state index in [1.54, 1.807) is 7.11 Å². The van der Waals surface area contributed by atoms with Gasteiger partial charge in [0.05, 0.1) is 18.2 Å². The average Bonchev–Trinajstić information content (AvgIpc) is 2.89. The molecule has 1 aliphatic carbocycles. The fourth-order valence-electron chi connectivity index (χ4n) is 1.95. The van der Waals surface area contributed by atoms with Gasteiger partial charge in [0.15, 0.2) is 5.65 Å². The largest absolute Gasteiger partial charge is 0.497 e. The number of aromatic carboxylic acids is 1. The van der Waals surface area contributed by atoms with Gasteiger partial charge >= 0.3 is 5.97 Å². The lowest BCUT2D eigenvalue weighted by Crippen LogP contribution is -1.98. The molecule has 0 atom stereocenters. The maximum atomic E-state index is 10.9. The molecule has 2 N–H and O–H groups in total. The number of carboxylic acid groups (broad SMARTS) is 1. The number of fused-ring (bicyclic) bond motifs is 1. The lowest BCUT2D eigenvalue weighted by molar-refractivity contribution is 0.0696. The number of pyridine rings is 1.